The number of pyridine rings is 1. The van der Waals surface area contributed by atoms with Crippen LogP contribution in [0.15, 0.2) is 18.5 Å². The van der Waals surface area contributed by atoms with Gasteiger partial charge in [0.1, 0.15) is 0 Å². The highest BCUT2D eigenvalue weighted by Gasteiger charge is 2.26. The number of aromatic nitrogens is 3. The quantitative estimate of drug-likeness (QED) is 0.380. The number of carbonyl (C=O) groups excluding carboxylic acids is 1. The number of rotatable bonds is 4. The summed E-state index contributed by atoms with van der Waals surface area (Å²) in [5.74, 6) is 0.562. The van der Waals surface area contributed by atoms with Gasteiger partial charge in [-0.25, -0.2) is 4.98 Å². The number of hydrogen-bond acceptors (Lipinski definition) is 4. The van der Waals surface area contributed by atoms with Crippen molar-refractivity contribution in [2.75, 3.05) is 11.9 Å². The Morgan fingerprint density at radius 1 is 1.31 bits per heavy atom. The van der Waals surface area contributed by atoms with Crippen LogP contribution in [0.1, 0.15) is 25.7 Å². The summed E-state index contributed by atoms with van der Waals surface area (Å²) >= 11 is 0. The van der Waals surface area contributed by atoms with E-state index < -0.39 is 0 Å². The molecule has 0 spiro atoms. The van der Waals surface area contributed by atoms with Gasteiger partial charge in [-0.1, -0.05) is 0 Å². The molecule has 2 aromatic heterocycles. The normalized spacial score (nSPS) is 18.6. The van der Waals surface area contributed by atoms with Gasteiger partial charge in [-0.05, 0) is 37.7 Å². The molecule has 26 heavy (non-hydrogen) atoms. The van der Waals surface area contributed by atoms with Gasteiger partial charge < -0.3 is 21.8 Å². The first-order valence-electron chi connectivity index (χ1n) is 7.80. The molecule has 1 amide bonds. The molecule has 3 rings (SSSR count). The average molecular weight is 406 g/mol. The highest BCUT2D eigenvalue weighted by molar-refractivity contribution is 6.00. The molecule has 8 N–H and O–H groups in total. The Balaban J connectivity index is 0.00000208. The van der Waals surface area contributed by atoms with Crippen LogP contribution >= 0.6 is 24.8 Å². The van der Waals surface area contributed by atoms with E-state index in [2.05, 4.69) is 25.8 Å². The second-order valence-electron chi connectivity index (χ2n) is 5.99. The molecular formula is C15H25Cl2N7O2. The van der Waals surface area contributed by atoms with E-state index >= 15 is 0 Å². The predicted octanol–water partition coefficient (Wildman–Crippen LogP) is 1.20. The minimum Gasteiger partial charge on any atom is -0.412 e. The molecule has 11 heteroatoms. The number of nitrogens with zero attached hydrogens (tertiary/aromatic N) is 2. The molecule has 146 valence electrons. The molecule has 1 aliphatic rings. The minimum atomic E-state index is 0. The Morgan fingerprint density at radius 2 is 2.00 bits per heavy atom. The number of amides is 1. The van der Waals surface area contributed by atoms with Gasteiger partial charge in [0, 0.05) is 18.7 Å². The maximum Gasteiger partial charge on any atom is 0.227 e. The number of nitrogens with one attached hydrogen (secondary N) is 4. The molecule has 0 radical (unpaired) electrons. The Bertz CT molecular complexity index is 717. The smallest absolute Gasteiger partial charge is 0.227 e. The fourth-order valence-electron chi connectivity index (χ4n) is 3.08. The second-order valence-corrected chi connectivity index (χ2v) is 5.99. The van der Waals surface area contributed by atoms with E-state index in [1.54, 1.807) is 18.5 Å². The molecule has 1 fully saturated rings. The molecule has 9 nitrogen and oxygen atoms in total. The molecule has 1 aliphatic carbocycles. The summed E-state index contributed by atoms with van der Waals surface area (Å²) in [6, 6.07) is 1.79. The number of carbonyl (C=O) groups is 1. The fourth-order valence-corrected chi connectivity index (χ4v) is 3.08. The highest BCUT2D eigenvalue weighted by Crippen LogP contribution is 2.30. The number of H-pyrrole nitrogens is 1. The number of aromatic amines is 1. The first-order valence-corrected chi connectivity index (χ1v) is 7.80. The molecule has 0 unspecified atom stereocenters. The van der Waals surface area contributed by atoms with Crippen LogP contribution in [0.5, 0.6) is 0 Å². The van der Waals surface area contributed by atoms with Crippen molar-refractivity contribution in [2.45, 2.75) is 25.7 Å². The van der Waals surface area contributed by atoms with Crippen LogP contribution < -0.4 is 16.4 Å². The van der Waals surface area contributed by atoms with E-state index in [0.29, 0.717) is 18.1 Å². The van der Waals surface area contributed by atoms with Crippen molar-refractivity contribution in [2.24, 2.45) is 17.6 Å². The summed E-state index contributed by atoms with van der Waals surface area (Å²) in [7, 11) is 0. The molecule has 2 aromatic rings. The Morgan fingerprint density at radius 3 is 2.65 bits per heavy atom. The Kier molecular flexibility index (Phi) is 9.92. The number of halogens is 2. The van der Waals surface area contributed by atoms with Crippen LogP contribution in [0.3, 0.4) is 0 Å². The topological polar surface area (TPSA) is 164 Å². The average Bonchev–Trinajstić information content (AvgIpc) is 3.03. The first kappa shape index (κ1) is 23.9. The van der Waals surface area contributed by atoms with Crippen molar-refractivity contribution in [3.63, 3.8) is 0 Å². The number of anilines is 1. The monoisotopic (exact) mass is 405 g/mol. The standard InChI is InChI=1S/C15H21N7O.2ClH.H2O/c16-15(17)19-7-9-1-3-10(4-2-9)14(23)21-12-5-6-18-13-11(12)8-20-22-13;;;/h5-6,8-10H,1-4,7H2,(H4,16,17,19)(H2,18,20,21,22,23);2*1H;1H2. The Hall–Kier alpha value is -2.10. The van der Waals surface area contributed by atoms with Gasteiger partial charge in [0.25, 0.3) is 0 Å². The van der Waals surface area contributed by atoms with Gasteiger partial charge in [-0.3, -0.25) is 15.3 Å². The maximum absolute atomic E-state index is 12.5. The third kappa shape index (κ3) is 5.72. The maximum atomic E-state index is 12.5. The van der Waals surface area contributed by atoms with Crippen LogP contribution in [0, 0.1) is 17.2 Å². The molecule has 0 saturated heterocycles. The molecule has 0 aromatic carbocycles. The van der Waals surface area contributed by atoms with Gasteiger partial charge in [-0.2, -0.15) is 5.10 Å². The van der Waals surface area contributed by atoms with E-state index in [1.165, 1.54) is 0 Å². The van der Waals surface area contributed by atoms with Gasteiger partial charge in [-0.15, -0.1) is 24.8 Å². The van der Waals surface area contributed by atoms with Gasteiger partial charge >= 0.3 is 0 Å². The lowest BCUT2D eigenvalue weighted by molar-refractivity contribution is -0.121. The summed E-state index contributed by atoms with van der Waals surface area (Å²) in [5.41, 5.74) is 6.72. The third-order valence-electron chi connectivity index (χ3n) is 4.41. The summed E-state index contributed by atoms with van der Waals surface area (Å²) < 4.78 is 0. The first-order chi connectivity index (χ1) is 11.1. The SMILES string of the molecule is Cl.Cl.N=C(N)NCC1CCC(C(=O)Nc2ccnc3[nH]ncc23)CC1.O. The van der Waals surface area contributed by atoms with Crippen LogP contribution in [0.25, 0.3) is 11.0 Å². The molecule has 0 atom stereocenters. The van der Waals surface area contributed by atoms with Gasteiger partial charge in [0.05, 0.1) is 17.3 Å². The third-order valence-corrected chi connectivity index (χ3v) is 4.41. The van der Waals surface area contributed by atoms with E-state index in [-0.39, 0.29) is 48.1 Å². The minimum absolute atomic E-state index is 0. The number of hydrogen-bond donors (Lipinski definition) is 5. The lowest BCUT2D eigenvalue weighted by Gasteiger charge is -2.28. The number of guanidine groups is 1. The zero-order chi connectivity index (χ0) is 16.2. The molecular weight excluding hydrogens is 381 g/mol. The van der Waals surface area contributed by atoms with Crippen LogP contribution in [-0.4, -0.2) is 39.1 Å². The molecule has 0 bridgehead atoms. The summed E-state index contributed by atoms with van der Waals surface area (Å²) in [6.07, 6.45) is 6.97. The summed E-state index contributed by atoms with van der Waals surface area (Å²) in [5, 5.41) is 20.6. The zero-order valence-electron chi connectivity index (χ0n) is 14.1. The van der Waals surface area contributed by atoms with Gasteiger partial charge in [0.15, 0.2) is 11.6 Å². The van der Waals surface area contributed by atoms with Crippen molar-refractivity contribution >= 4 is 53.4 Å². The van der Waals surface area contributed by atoms with E-state index in [4.69, 9.17) is 11.1 Å². The van der Waals surface area contributed by atoms with Crippen molar-refractivity contribution in [3.8, 4) is 0 Å². The number of nitrogens with two attached hydrogens (primary N) is 1. The van der Waals surface area contributed by atoms with E-state index in [9.17, 15) is 4.79 Å². The summed E-state index contributed by atoms with van der Waals surface area (Å²) in [6.45, 7) is 0.712. The Labute approximate surface area is 163 Å². The highest BCUT2D eigenvalue weighted by atomic mass is 35.5. The lowest BCUT2D eigenvalue weighted by Crippen LogP contribution is -2.36. The lowest BCUT2D eigenvalue weighted by atomic mass is 9.81. The van der Waals surface area contributed by atoms with Crippen molar-refractivity contribution < 1.29 is 10.3 Å². The van der Waals surface area contributed by atoms with E-state index in [1.807, 2.05) is 0 Å². The van der Waals surface area contributed by atoms with E-state index in [0.717, 1.165) is 36.8 Å². The molecule has 1 saturated carbocycles. The van der Waals surface area contributed by atoms with Crippen LogP contribution in [-0.2, 0) is 4.79 Å². The van der Waals surface area contributed by atoms with Gasteiger partial charge in [0.2, 0.25) is 5.91 Å². The second kappa shape index (κ2) is 10.8. The largest absolute Gasteiger partial charge is 0.412 e. The van der Waals surface area contributed by atoms with Crippen molar-refractivity contribution in [3.05, 3.63) is 18.5 Å². The predicted molar refractivity (Wildman–Crippen MR) is 106 cm³/mol. The molecule has 2 heterocycles. The zero-order valence-corrected chi connectivity index (χ0v) is 15.8. The summed E-state index contributed by atoms with van der Waals surface area (Å²) in [4.78, 5) is 16.6. The molecule has 0 aliphatic heterocycles. The van der Waals surface area contributed by atoms with Crippen LogP contribution in [0.2, 0.25) is 0 Å². The fraction of sp³-hybridized carbons (Fsp3) is 0.467. The number of fused-ring (bicyclic) bond motifs is 1. The van der Waals surface area contributed by atoms with Crippen molar-refractivity contribution in [1.82, 2.24) is 20.5 Å². The van der Waals surface area contributed by atoms with Crippen LogP contribution in [0.4, 0.5) is 5.69 Å². The van der Waals surface area contributed by atoms with Crippen molar-refractivity contribution in [1.29, 1.82) is 5.41 Å².